The molecule has 0 unspecified atom stereocenters. The number of ether oxygens (including phenoxy) is 1. The van der Waals surface area contributed by atoms with E-state index in [-0.39, 0.29) is 12.0 Å². The van der Waals surface area contributed by atoms with E-state index in [0.717, 1.165) is 19.4 Å². The minimum atomic E-state index is -0.445. The van der Waals surface area contributed by atoms with E-state index in [1.165, 1.54) is 6.42 Å². The van der Waals surface area contributed by atoms with Gasteiger partial charge in [-0.25, -0.2) is 4.79 Å². The van der Waals surface area contributed by atoms with Crippen LogP contribution in [0.25, 0.3) is 0 Å². The number of nitrogens with zero attached hydrogens (tertiary/aromatic N) is 1. The number of rotatable bonds is 0. The van der Waals surface area contributed by atoms with Gasteiger partial charge in [0.1, 0.15) is 11.4 Å². The third-order valence-corrected chi connectivity index (χ3v) is 4.91. The second-order valence-electron chi connectivity index (χ2n) is 7.33. The number of amides is 1. The summed E-state index contributed by atoms with van der Waals surface area (Å²) in [7, 11) is 0. The van der Waals surface area contributed by atoms with Gasteiger partial charge in [0.05, 0.1) is 0 Å². The number of ketones is 1. The van der Waals surface area contributed by atoms with E-state index in [0.29, 0.717) is 30.1 Å². The first-order valence-electron chi connectivity index (χ1n) is 7.36. The first-order chi connectivity index (χ1) is 8.85. The maximum Gasteiger partial charge on any atom is 0.410 e. The fraction of sp³-hybridized carbons (Fsp3) is 0.867. The number of Topliss-reactive ketones (excluding diaryl/α,β-unsaturated/α-hetero) is 1. The van der Waals surface area contributed by atoms with E-state index in [9.17, 15) is 9.59 Å². The van der Waals surface area contributed by atoms with Crippen LogP contribution in [0, 0.1) is 23.7 Å². The van der Waals surface area contributed by atoms with Crippen molar-refractivity contribution in [3.05, 3.63) is 0 Å². The zero-order chi connectivity index (χ0) is 13.8. The summed E-state index contributed by atoms with van der Waals surface area (Å²) < 4.78 is 5.45. The fourth-order valence-electron chi connectivity index (χ4n) is 4.14. The summed E-state index contributed by atoms with van der Waals surface area (Å²) in [4.78, 5) is 25.9. The molecule has 1 aliphatic heterocycles. The van der Waals surface area contributed by atoms with Crippen molar-refractivity contribution in [2.75, 3.05) is 13.1 Å². The standard InChI is InChI=1S/C15H23NO3/c1-15(2,3)19-14(18)16-7-11-9-4-5-10(12(11)8-16)13(17)6-9/h9-12H,4-8H2,1-3H3/t9-,10-,11+,12-/m1/s1. The first-order valence-corrected chi connectivity index (χ1v) is 7.36. The number of carbonyl (C=O) groups excluding carboxylic acids is 2. The Morgan fingerprint density at radius 1 is 1.21 bits per heavy atom. The van der Waals surface area contributed by atoms with Crippen LogP contribution in [-0.2, 0) is 9.53 Å². The van der Waals surface area contributed by atoms with Crippen LogP contribution in [0.4, 0.5) is 4.79 Å². The molecule has 4 nitrogen and oxygen atoms in total. The summed E-state index contributed by atoms with van der Waals surface area (Å²) in [6.07, 6.45) is 2.73. The van der Waals surface area contributed by atoms with Crippen molar-refractivity contribution in [1.29, 1.82) is 0 Å². The minimum Gasteiger partial charge on any atom is -0.444 e. The van der Waals surface area contributed by atoms with Crippen LogP contribution < -0.4 is 0 Å². The molecule has 1 amide bonds. The fourth-order valence-corrected chi connectivity index (χ4v) is 4.14. The normalized spacial score (nSPS) is 37.4. The summed E-state index contributed by atoms with van der Waals surface area (Å²) in [5, 5.41) is 0. The van der Waals surface area contributed by atoms with Crippen molar-refractivity contribution < 1.29 is 14.3 Å². The predicted molar refractivity (Wildman–Crippen MR) is 70.6 cm³/mol. The summed E-state index contributed by atoms with van der Waals surface area (Å²) in [6.45, 7) is 7.17. The third kappa shape index (κ3) is 2.26. The van der Waals surface area contributed by atoms with Gasteiger partial charge < -0.3 is 9.64 Å². The number of hydrogen-bond acceptors (Lipinski definition) is 3. The Bertz CT molecular complexity index is 412. The van der Waals surface area contributed by atoms with Crippen LogP contribution >= 0.6 is 0 Å². The molecular weight excluding hydrogens is 242 g/mol. The topological polar surface area (TPSA) is 46.6 Å². The van der Waals surface area contributed by atoms with Gasteiger partial charge in [-0.05, 0) is 51.4 Å². The lowest BCUT2D eigenvalue weighted by Gasteiger charge is -2.43. The highest BCUT2D eigenvalue weighted by Gasteiger charge is 2.53. The van der Waals surface area contributed by atoms with Gasteiger partial charge >= 0.3 is 6.09 Å². The Kier molecular flexibility index (Phi) is 2.88. The molecule has 0 spiro atoms. The van der Waals surface area contributed by atoms with E-state index in [2.05, 4.69) is 0 Å². The maximum absolute atomic E-state index is 12.1. The molecule has 3 saturated carbocycles. The zero-order valence-electron chi connectivity index (χ0n) is 12.0. The monoisotopic (exact) mass is 265 g/mol. The molecule has 2 bridgehead atoms. The molecule has 3 aliphatic carbocycles. The molecule has 1 saturated heterocycles. The van der Waals surface area contributed by atoms with Crippen molar-refractivity contribution in [3.63, 3.8) is 0 Å². The van der Waals surface area contributed by atoms with E-state index >= 15 is 0 Å². The smallest absolute Gasteiger partial charge is 0.410 e. The molecule has 0 N–H and O–H groups in total. The van der Waals surface area contributed by atoms with Crippen molar-refractivity contribution >= 4 is 11.9 Å². The molecule has 0 aromatic carbocycles. The molecular formula is C15H23NO3. The molecule has 4 atom stereocenters. The van der Waals surface area contributed by atoms with Gasteiger partial charge in [0.25, 0.3) is 0 Å². The summed E-state index contributed by atoms with van der Waals surface area (Å²) in [6, 6.07) is 0. The second kappa shape index (κ2) is 4.22. The predicted octanol–water partition coefficient (Wildman–Crippen LogP) is 2.47. The Balaban J connectivity index is 1.70. The quantitative estimate of drug-likeness (QED) is 0.676. The van der Waals surface area contributed by atoms with Crippen molar-refractivity contribution in [2.45, 2.75) is 45.6 Å². The van der Waals surface area contributed by atoms with Gasteiger partial charge in [-0.15, -0.1) is 0 Å². The maximum atomic E-state index is 12.1. The molecule has 4 rings (SSSR count). The van der Waals surface area contributed by atoms with E-state index in [1.807, 2.05) is 25.7 Å². The van der Waals surface area contributed by atoms with E-state index < -0.39 is 5.60 Å². The first kappa shape index (κ1) is 12.9. The van der Waals surface area contributed by atoms with Gasteiger partial charge in [0, 0.05) is 25.4 Å². The number of fused-ring (bicyclic) bond motifs is 2. The Morgan fingerprint density at radius 2 is 1.89 bits per heavy atom. The molecule has 4 fully saturated rings. The van der Waals surface area contributed by atoms with Crippen LogP contribution in [0.5, 0.6) is 0 Å². The van der Waals surface area contributed by atoms with Gasteiger partial charge in [-0.2, -0.15) is 0 Å². The van der Waals surface area contributed by atoms with Crippen molar-refractivity contribution in [3.8, 4) is 0 Å². The largest absolute Gasteiger partial charge is 0.444 e. The highest BCUT2D eigenvalue weighted by Crippen LogP contribution is 2.50. The lowest BCUT2D eigenvalue weighted by molar-refractivity contribution is -0.134. The van der Waals surface area contributed by atoms with E-state index in [4.69, 9.17) is 4.74 Å². The van der Waals surface area contributed by atoms with Crippen molar-refractivity contribution in [1.82, 2.24) is 4.90 Å². The van der Waals surface area contributed by atoms with Gasteiger partial charge in [0.15, 0.2) is 0 Å². The molecule has 19 heavy (non-hydrogen) atoms. The van der Waals surface area contributed by atoms with Crippen LogP contribution in [0.3, 0.4) is 0 Å². The second-order valence-corrected chi connectivity index (χ2v) is 7.33. The SMILES string of the molecule is CC(C)(C)OC(=O)N1C[C@H]2[C@@H]3CC[C@@H](C(=O)C3)[C@H]2C1. The average molecular weight is 265 g/mol. The zero-order valence-corrected chi connectivity index (χ0v) is 12.0. The number of carbonyl (C=O) groups is 2. The average Bonchev–Trinajstić information content (AvgIpc) is 2.73. The molecule has 0 radical (unpaired) electrons. The van der Waals surface area contributed by atoms with Crippen LogP contribution in [0.2, 0.25) is 0 Å². The van der Waals surface area contributed by atoms with Gasteiger partial charge in [-0.1, -0.05) is 0 Å². The third-order valence-electron chi connectivity index (χ3n) is 4.91. The molecule has 106 valence electrons. The Morgan fingerprint density at radius 3 is 2.53 bits per heavy atom. The van der Waals surface area contributed by atoms with Crippen molar-refractivity contribution in [2.24, 2.45) is 23.7 Å². The summed E-state index contributed by atoms with van der Waals surface area (Å²) in [5.74, 6) is 2.08. The lowest BCUT2D eigenvalue weighted by Crippen LogP contribution is -2.44. The Labute approximate surface area is 114 Å². The molecule has 1 heterocycles. The molecule has 4 aliphatic rings. The van der Waals surface area contributed by atoms with Crippen LogP contribution in [-0.4, -0.2) is 35.5 Å². The van der Waals surface area contributed by atoms with E-state index in [1.54, 1.807) is 0 Å². The highest BCUT2D eigenvalue weighted by atomic mass is 16.6. The summed E-state index contributed by atoms with van der Waals surface area (Å²) >= 11 is 0. The number of likely N-dealkylation sites (tertiary alicyclic amines) is 1. The van der Waals surface area contributed by atoms with Crippen LogP contribution in [0.1, 0.15) is 40.0 Å². The molecule has 0 aromatic heterocycles. The highest BCUT2D eigenvalue weighted by molar-refractivity contribution is 5.83. The minimum absolute atomic E-state index is 0.211. The Hall–Kier alpha value is -1.06. The number of hydrogen-bond donors (Lipinski definition) is 0. The summed E-state index contributed by atoms with van der Waals surface area (Å²) in [5.41, 5.74) is -0.445. The van der Waals surface area contributed by atoms with Crippen LogP contribution in [0.15, 0.2) is 0 Å². The lowest BCUT2D eigenvalue weighted by atomic mass is 9.59. The van der Waals surface area contributed by atoms with Gasteiger partial charge in [0.2, 0.25) is 0 Å². The van der Waals surface area contributed by atoms with Gasteiger partial charge in [-0.3, -0.25) is 4.79 Å². The molecule has 4 heteroatoms. The molecule has 0 aromatic rings.